The molecule has 0 amide bonds. The SMILES string of the molecule is CCc1cc2c(s1)CCO[C@@]21CCN(CCOC)[C@@H](C)C1. The van der Waals surface area contributed by atoms with E-state index in [0.29, 0.717) is 6.04 Å². The number of nitrogens with zero attached hydrogens (tertiary/aromatic N) is 1. The van der Waals surface area contributed by atoms with Gasteiger partial charge in [0, 0.05) is 42.4 Å². The molecule has 0 aliphatic carbocycles. The molecule has 0 unspecified atom stereocenters. The number of piperidine rings is 1. The Bertz CT molecular complexity index is 487. The number of ether oxygens (including phenoxy) is 2. The lowest BCUT2D eigenvalue weighted by molar-refractivity contribution is -0.112. The molecule has 3 nitrogen and oxygen atoms in total. The minimum Gasteiger partial charge on any atom is -0.383 e. The summed E-state index contributed by atoms with van der Waals surface area (Å²) < 4.78 is 11.6. The van der Waals surface area contributed by atoms with E-state index in [2.05, 4.69) is 24.8 Å². The van der Waals surface area contributed by atoms with E-state index in [1.165, 1.54) is 10.4 Å². The largest absolute Gasteiger partial charge is 0.383 e. The van der Waals surface area contributed by atoms with Crippen LogP contribution < -0.4 is 0 Å². The van der Waals surface area contributed by atoms with Crippen molar-refractivity contribution in [2.45, 2.75) is 51.2 Å². The predicted octanol–water partition coefficient (Wildman–Crippen LogP) is 3.21. The van der Waals surface area contributed by atoms with Gasteiger partial charge in [0.05, 0.1) is 18.8 Å². The second kappa shape index (κ2) is 6.37. The van der Waals surface area contributed by atoms with Gasteiger partial charge < -0.3 is 9.47 Å². The van der Waals surface area contributed by atoms with Crippen molar-refractivity contribution in [1.29, 1.82) is 0 Å². The van der Waals surface area contributed by atoms with E-state index in [0.717, 1.165) is 52.0 Å². The molecule has 2 aliphatic heterocycles. The first-order valence-corrected chi connectivity index (χ1v) is 8.99. The Morgan fingerprint density at radius 1 is 1.52 bits per heavy atom. The predicted molar refractivity (Wildman–Crippen MR) is 87.2 cm³/mol. The second-order valence-electron chi connectivity index (χ2n) is 6.33. The molecule has 0 saturated carbocycles. The molecule has 1 spiro atoms. The van der Waals surface area contributed by atoms with Crippen LogP contribution in [0.5, 0.6) is 0 Å². The van der Waals surface area contributed by atoms with Crippen LogP contribution in [0.15, 0.2) is 6.07 Å². The molecular formula is C17H27NO2S. The first-order valence-electron chi connectivity index (χ1n) is 8.17. The van der Waals surface area contributed by atoms with Crippen LogP contribution in [0.4, 0.5) is 0 Å². The molecule has 2 atom stereocenters. The normalized spacial score (nSPS) is 29.8. The fourth-order valence-corrected chi connectivity index (χ4v) is 4.99. The Labute approximate surface area is 132 Å². The van der Waals surface area contributed by atoms with Crippen LogP contribution >= 0.6 is 11.3 Å². The van der Waals surface area contributed by atoms with E-state index < -0.39 is 0 Å². The van der Waals surface area contributed by atoms with Crippen molar-refractivity contribution in [3.63, 3.8) is 0 Å². The summed E-state index contributed by atoms with van der Waals surface area (Å²) in [7, 11) is 1.78. The maximum absolute atomic E-state index is 6.36. The van der Waals surface area contributed by atoms with Crippen molar-refractivity contribution in [3.05, 3.63) is 21.4 Å². The van der Waals surface area contributed by atoms with Crippen LogP contribution in [0.3, 0.4) is 0 Å². The molecule has 3 rings (SSSR count). The third kappa shape index (κ3) is 2.91. The Kier molecular flexibility index (Phi) is 4.69. The average molecular weight is 309 g/mol. The summed E-state index contributed by atoms with van der Waals surface area (Å²) in [6.07, 6.45) is 4.48. The third-order valence-corrected chi connectivity index (χ3v) is 6.38. The van der Waals surface area contributed by atoms with Crippen LogP contribution in [0, 0.1) is 0 Å². The second-order valence-corrected chi connectivity index (χ2v) is 7.55. The Hall–Kier alpha value is -0.420. The lowest BCUT2D eigenvalue weighted by Crippen LogP contribution is -2.51. The first-order chi connectivity index (χ1) is 10.2. The van der Waals surface area contributed by atoms with E-state index in [-0.39, 0.29) is 5.60 Å². The van der Waals surface area contributed by atoms with Crippen molar-refractivity contribution >= 4 is 11.3 Å². The zero-order valence-electron chi connectivity index (χ0n) is 13.5. The van der Waals surface area contributed by atoms with Gasteiger partial charge in [-0.05, 0) is 37.8 Å². The molecule has 118 valence electrons. The maximum atomic E-state index is 6.36. The van der Waals surface area contributed by atoms with Gasteiger partial charge in [-0.2, -0.15) is 0 Å². The molecular weight excluding hydrogens is 282 g/mol. The maximum Gasteiger partial charge on any atom is 0.0969 e. The van der Waals surface area contributed by atoms with Gasteiger partial charge in [0.1, 0.15) is 0 Å². The number of fused-ring (bicyclic) bond motifs is 2. The van der Waals surface area contributed by atoms with E-state index >= 15 is 0 Å². The molecule has 0 radical (unpaired) electrons. The number of hydrogen-bond acceptors (Lipinski definition) is 4. The smallest absolute Gasteiger partial charge is 0.0969 e. The molecule has 21 heavy (non-hydrogen) atoms. The molecule has 0 N–H and O–H groups in total. The summed E-state index contributed by atoms with van der Waals surface area (Å²) in [5, 5.41) is 0. The molecule has 0 aromatic carbocycles. The summed E-state index contributed by atoms with van der Waals surface area (Å²) >= 11 is 2.01. The highest BCUT2D eigenvalue weighted by atomic mass is 32.1. The first kappa shape index (κ1) is 15.5. The fourth-order valence-electron chi connectivity index (χ4n) is 3.82. The van der Waals surface area contributed by atoms with Crippen LogP contribution in [0.1, 0.15) is 42.0 Å². The van der Waals surface area contributed by atoms with E-state index in [1.807, 2.05) is 11.3 Å². The van der Waals surface area contributed by atoms with Gasteiger partial charge in [-0.15, -0.1) is 11.3 Å². The van der Waals surface area contributed by atoms with Gasteiger partial charge >= 0.3 is 0 Å². The summed E-state index contributed by atoms with van der Waals surface area (Å²) in [6.45, 7) is 8.44. The molecule has 0 bridgehead atoms. The van der Waals surface area contributed by atoms with Crippen molar-refractivity contribution in [2.24, 2.45) is 0 Å². The Balaban J connectivity index is 1.79. The average Bonchev–Trinajstić information content (AvgIpc) is 2.92. The quantitative estimate of drug-likeness (QED) is 0.852. The van der Waals surface area contributed by atoms with Crippen molar-refractivity contribution in [3.8, 4) is 0 Å². The van der Waals surface area contributed by atoms with E-state index in [4.69, 9.17) is 9.47 Å². The van der Waals surface area contributed by atoms with Gasteiger partial charge in [-0.1, -0.05) is 6.92 Å². The molecule has 1 aromatic rings. The highest BCUT2D eigenvalue weighted by Gasteiger charge is 2.44. The van der Waals surface area contributed by atoms with Crippen LogP contribution in [0.25, 0.3) is 0 Å². The van der Waals surface area contributed by atoms with Gasteiger partial charge in [0.2, 0.25) is 0 Å². The highest BCUT2D eigenvalue weighted by molar-refractivity contribution is 7.12. The summed E-state index contributed by atoms with van der Waals surface area (Å²) in [5.41, 5.74) is 1.49. The highest BCUT2D eigenvalue weighted by Crippen LogP contribution is 2.46. The molecule has 1 saturated heterocycles. The minimum atomic E-state index is -0.0134. The zero-order chi connectivity index (χ0) is 14.9. The Morgan fingerprint density at radius 3 is 3.10 bits per heavy atom. The summed E-state index contributed by atoms with van der Waals surface area (Å²) in [4.78, 5) is 5.63. The molecule has 4 heteroatoms. The van der Waals surface area contributed by atoms with Gasteiger partial charge in [-0.25, -0.2) is 0 Å². The Morgan fingerprint density at radius 2 is 2.38 bits per heavy atom. The number of thiophene rings is 1. The topological polar surface area (TPSA) is 21.7 Å². The third-order valence-electron chi connectivity index (χ3n) is 5.04. The van der Waals surface area contributed by atoms with E-state index in [9.17, 15) is 0 Å². The molecule has 3 heterocycles. The number of aryl methyl sites for hydroxylation is 1. The standard InChI is InChI=1S/C17H27NO2S/c1-4-14-11-15-16(21-14)5-9-20-17(15)6-7-18(8-10-19-3)13(2)12-17/h11,13H,4-10,12H2,1-3H3/t13-,17+/m0/s1. The molecule has 1 aromatic heterocycles. The minimum absolute atomic E-state index is 0.0134. The number of hydrogen-bond donors (Lipinski definition) is 0. The van der Waals surface area contributed by atoms with Crippen LogP contribution in [0.2, 0.25) is 0 Å². The number of methoxy groups -OCH3 is 1. The monoisotopic (exact) mass is 309 g/mol. The summed E-state index contributed by atoms with van der Waals surface area (Å²) in [5.74, 6) is 0. The zero-order valence-corrected chi connectivity index (χ0v) is 14.3. The number of rotatable bonds is 4. The molecule has 2 aliphatic rings. The van der Waals surface area contributed by atoms with E-state index in [1.54, 1.807) is 12.0 Å². The van der Waals surface area contributed by atoms with Crippen LogP contribution in [-0.2, 0) is 27.9 Å². The van der Waals surface area contributed by atoms with Crippen LogP contribution in [-0.4, -0.2) is 44.4 Å². The molecule has 1 fully saturated rings. The number of likely N-dealkylation sites (tertiary alicyclic amines) is 1. The fraction of sp³-hybridized carbons (Fsp3) is 0.765. The van der Waals surface area contributed by atoms with Crippen molar-refractivity contribution in [2.75, 3.05) is 33.4 Å². The van der Waals surface area contributed by atoms with Gasteiger partial charge in [0.25, 0.3) is 0 Å². The van der Waals surface area contributed by atoms with Gasteiger partial charge in [0.15, 0.2) is 0 Å². The lowest BCUT2D eigenvalue weighted by atomic mass is 9.79. The van der Waals surface area contributed by atoms with Crippen molar-refractivity contribution in [1.82, 2.24) is 4.90 Å². The summed E-state index contributed by atoms with van der Waals surface area (Å²) in [6, 6.07) is 2.99. The van der Waals surface area contributed by atoms with Crippen molar-refractivity contribution < 1.29 is 9.47 Å². The van der Waals surface area contributed by atoms with Gasteiger partial charge in [-0.3, -0.25) is 4.90 Å². The lowest BCUT2D eigenvalue weighted by Gasteiger charge is -2.47.